The Bertz CT molecular complexity index is 593. The minimum Gasteiger partial charge on any atom is -0.385 e. The van der Waals surface area contributed by atoms with Crippen LogP contribution in [0.3, 0.4) is 0 Å². The predicted molar refractivity (Wildman–Crippen MR) is 82.8 cm³/mol. The highest BCUT2D eigenvalue weighted by molar-refractivity contribution is 5.93. The van der Waals surface area contributed by atoms with Crippen molar-refractivity contribution in [2.24, 2.45) is 5.92 Å². The molecule has 1 aromatic carbocycles. The monoisotopic (exact) mass is 322 g/mol. The van der Waals surface area contributed by atoms with Crippen LogP contribution in [-0.4, -0.2) is 42.3 Å². The molecule has 2 atom stereocenters. The van der Waals surface area contributed by atoms with E-state index in [1.165, 1.54) is 12.5 Å². The Labute approximate surface area is 135 Å². The maximum absolute atomic E-state index is 14.4. The van der Waals surface area contributed by atoms with E-state index in [0.717, 1.165) is 38.0 Å². The van der Waals surface area contributed by atoms with Gasteiger partial charge in [-0.25, -0.2) is 9.87 Å². The van der Waals surface area contributed by atoms with Crippen LogP contribution in [0.15, 0.2) is 12.1 Å². The number of nitrogens with zero attached hydrogens (tertiary/aromatic N) is 1. The summed E-state index contributed by atoms with van der Waals surface area (Å²) in [5, 5.41) is 8.70. The molecule has 0 spiro atoms. The second-order valence-corrected chi connectivity index (χ2v) is 6.44. The first kappa shape index (κ1) is 16.4. The standard InChI is InChI=1S/C17H23FN2O3/c1-23-7-5-11-2-3-16(11)20-6-4-12-8-13(17(21)19-22)9-15(18)14(12)10-20/h8-9,11,16,22H,2-7,10H2,1H3,(H,19,21). The van der Waals surface area contributed by atoms with Gasteiger partial charge < -0.3 is 4.74 Å². The molecule has 126 valence electrons. The molecule has 0 bridgehead atoms. The normalized spacial score (nSPS) is 24.0. The number of rotatable bonds is 5. The van der Waals surface area contributed by atoms with Crippen molar-refractivity contribution in [2.75, 3.05) is 20.3 Å². The van der Waals surface area contributed by atoms with Crippen molar-refractivity contribution in [1.29, 1.82) is 0 Å². The number of nitrogens with one attached hydrogen (secondary N) is 1. The van der Waals surface area contributed by atoms with Crippen LogP contribution in [0.25, 0.3) is 0 Å². The third kappa shape index (κ3) is 3.24. The fourth-order valence-corrected chi connectivity index (χ4v) is 3.76. The van der Waals surface area contributed by atoms with Gasteiger partial charge in [-0.1, -0.05) is 0 Å². The van der Waals surface area contributed by atoms with E-state index in [1.807, 2.05) is 0 Å². The summed E-state index contributed by atoms with van der Waals surface area (Å²) in [5.41, 5.74) is 3.28. The molecule has 1 fully saturated rings. The van der Waals surface area contributed by atoms with Gasteiger partial charge in [0.05, 0.1) is 0 Å². The molecule has 1 aliphatic heterocycles. The summed E-state index contributed by atoms with van der Waals surface area (Å²) in [6.45, 7) is 2.25. The molecule has 2 aliphatic rings. The van der Waals surface area contributed by atoms with E-state index < -0.39 is 5.91 Å². The van der Waals surface area contributed by atoms with Crippen molar-refractivity contribution >= 4 is 5.91 Å². The number of methoxy groups -OCH3 is 1. The number of benzene rings is 1. The summed E-state index contributed by atoms with van der Waals surface area (Å²) >= 11 is 0. The van der Waals surface area contributed by atoms with Crippen LogP contribution in [0.4, 0.5) is 4.39 Å². The van der Waals surface area contributed by atoms with E-state index in [2.05, 4.69) is 4.90 Å². The molecule has 3 rings (SSSR count). The molecule has 1 amide bonds. The highest BCUT2D eigenvalue weighted by Gasteiger charge is 2.37. The van der Waals surface area contributed by atoms with Gasteiger partial charge in [-0.2, -0.15) is 0 Å². The number of hydroxylamine groups is 1. The van der Waals surface area contributed by atoms with Crippen LogP contribution in [0.1, 0.15) is 40.7 Å². The van der Waals surface area contributed by atoms with Gasteiger partial charge in [0.1, 0.15) is 5.82 Å². The quantitative estimate of drug-likeness (QED) is 0.644. The molecule has 2 unspecified atom stereocenters. The number of ether oxygens (including phenoxy) is 1. The Kier molecular flexibility index (Phi) is 4.94. The number of halogens is 1. The van der Waals surface area contributed by atoms with E-state index in [9.17, 15) is 9.18 Å². The molecule has 1 saturated carbocycles. The first-order chi connectivity index (χ1) is 11.1. The Morgan fingerprint density at radius 2 is 2.30 bits per heavy atom. The van der Waals surface area contributed by atoms with Crippen molar-refractivity contribution in [2.45, 2.75) is 38.3 Å². The third-order valence-electron chi connectivity index (χ3n) is 5.22. The lowest BCUT2D eigenvalue weighted by molar-refractivity contribution is 0.0308. The highest BCUT2D eigenvalue weighted by atomic mass is 19.1. The van der Waals surface area contributed by atoms with Crippen molar-refractivity contribution in [1.82, 2.24) is 10.4 Å². The molecule has 0 saturated heterocycles. The minimum absolute atomic E-state index is 0.166. The molecule has 0 radical (unpaired) electrons. The van der Waals surface area contributed by atoms with Gasteiger partial charge in [0.2, 0.25) is 0 Å². The van der Waals surface area contributed by atoms with Crippen LogP contribution in [-0.2, 0) is 17.7 Å². The molecular weight excluding hydrogens is 299 g/mol. The predicted octanol–water partition coefficient (Wildman–Crippen LogP) is 2.12. The van der Waals surface area contributed by atoms with Crippen molar-refractivity contribution in [3.63, 3.8) is 0 Å². The van der Waals surface area contributed by atoms with Crippen LogP contribution in [0.2, 0.25) is 0 Å². The molecule has 2 N–H and O–H groups in total. The first-order valence-corrected chi connectivity index (χ1v) is 8.12. The van der Waals surface area contributed by atoms with Crippen LogP contribution < -0.4 is 5.48 Å². The first-order valence-electron chi connectivity index (χ1n) is 8.12. The Hall–Kier alpha value is -1.50. The smallest absolute Gasteiger partial charge is 0.274 e. The fraction of sp³-hybridized carbons (Fsp3) is 0.588. The summed E-state index contributed by atoms with van der Waals surface area (Å²) < 4.78 is 19.5. The number of carbonyl (C=O) groups excluding carboxylic acids is 1. The van der Waals surface area contributed by atoms with Gasteiger partial charge in [-0.15, -0.1) is 0 Å². The lowest BCUT2D eigenvalue weighted by atomic mass is 9.75. The maximum atomic E-state index is 14.4. The van der Waals surface area contributed by atoms with Gasteiger partial charge >= 0.3 is 0 Å². The molecular formula is C17H23FN2O3. The van der Waals surface area contributed by atoms with Gasteiger partial charge in [-0.3, -0.25) is 14.9 Å². The molecule has 6 heteroatoms. The summed E-state index contributed by atoms with van der Waals surface area (Å²) in [6, 6.07) is 3.40. The number of amides is 1. The van der Waals surface area contributed by atoms with Crippen molar-refractivity contribution in [3.8, 4) is 0 Å². The van der Waals surface area contributed by atoms with E-state index in [4.69, 9.17) is 9.94 Å². The lowest BCUT2D eigenvalue weighted by Gasteiger charge is -2.46. The van der Waals surface area contributed by atoms with E-state index in [0.29, 0.717) is 24.1 Å². The zero-order valence-corrected chi connectivity index (χ0v) is 13.3. The fourth-order valence-electron chi connectivity index (χ4n) is 3.76. The van der Waals surface area contributed by atoms with Crippen molar-refractivity contribution in [3.05, 3.63) is 34.6 Å². The Morgan fingerprint density at radius 3 is 2.96 bits per heavy atom. The van der Waals surface area contributed by atoms with E-state index >= 15 is 0 Å². The summed E-state index contributed by atoms with van der Waals surface area (Å²) in [4.78, 5) is 13.8. The molecule has 1 aromatic rings. The third-order valence-corrected chi connectivity index (χ3v) is 5.22. The van der Waals surface area contributed by atoms with Gasteiger partial charge in [0.25, 0.3) is 5.91 Å². The Morgan fingerprint density at radius 1 is 1.48 bits per heavy atom. The number of fused-ring (bicyclic) bond motifs is 1. The van der Waals surface area contributed by atoms with E-state index in [1.54, 1.807) is 18.7 Å². The van der Waals surface area contributed by atoms with E-state index in [-0.39, 0.29) is 11.4 Å². The highest BCUT2D eigenvalue weighted by Crippen LogP contribution is 2.37. The van der Waals surface area contributed by atoms with Crippen LogP contribution >= 0.6 is 0 Å². The average molecular weight is 322 g/mol. The minimum atomic E-state index is -0.673. The summed E-state index contributed by atoms with van der Waals surface area (Å²) in [7, 11) is 1.72. The molecule has 1 aliphatic carbocycles. The summed E-state index contributed by atoms with van der Waals surface area (Å²) in [6.07, 6.45) is 4.17. The molecule has 5 nitrogen and oxygen atoms in total. The van der Waals surface area contributed by atoms with Crippen molar-refractivity contribution < 1.29 is 19.1 Å². The second kappa shape index (κ2) is 6.95. The summed E-state index contributed by atoms with van der Waals surface area (Å²) in [5.74, 6) is -0.398. The van der Waals surface area contributed by atoms with Crippen LogP contribution in [0.5, 0.6) is 0 Å². The van der Waals surface area contributed by atoms with Gasteiger partial charge in [0, 0.05) is 44.0 Å². The van der Waals surface area contributed by atoms with Gasteiger partial charge in [0.15, 0.2) is 0 Å². The molecule has 23 heavy (non-hydrogen) atoms. The lowest BCUT2D eigenvalue weighted by Crippen LogP contribution is -2.49. The molecule has 1 heterocycles. The van der Waals surface area contributed by atoms with Gasteiger partial charge in [-0.05, 0) is 49.3 Å². The second-order valence-electron chi connectivity index (χ2n) is 6.44. The zero-order chi connectivity index (χ0) is 16.4. The topological polar surface area (TPSA) is 61.8 Å². The van der Waals surface area contributed by atoms with Crippen LogP contribution in [0, 0.1) is 11.7 Å². The number of carbonyl (C=O) groups is 1. The maximum Gasteiger partial charge on any atom is 0.274 e. The average Bonchev–Trinajstić information content (AvgIpc) is 2.53. The number of hydrogen-bond acceptors (Lipinski definition) is 4. The Balaban J connectivity index is 1.72. The number of hydrogen-bond donors (Lipinski definition) is 2. The largest absolute Gasteiger partial charge is 0.385 e. The molecule has 0 aromatic heterocycles. The SMILES string of the molecule is COCCC1CCC1N1CCc2cc(C(=O)NO)cc(F)c2C1. The zero-order valence-electron chi connectivity index (χ0n) is 13.3.